The molecule has 16 heavy (non-hydrogen) atoms. The molecule has 0 heterocycles. The topological polar surface area (TPSA) is 135 Å². The fourth-order valence-electron chi connectivity index (χ4n) is 1.22. The number of hydrogen-bond donors (Lipinski definition) is 5. The monoisotopic (exact) mass is 275 g/mol. The third-order valence-electron chi connectivity index (χ3n) is 2.10. The van der Waals surface area contributed by atoms with Crippen LogP contribution in [0.1, 0.15) is 25.7 Å². The van der Waals surface area contributed by atoms with Crippen LogP contribution in [0.3, 0.4) is 0 Å². The second-order valence-corrected chi connectivity index (χ2v) is 6.93. The van der Waals surface area contributed by atoms with Gasteiger partial charge in [-0.15, -0.1) is 0 Å². The molecule has 0 rings (SSSR count). The number of aliphatic hydroxyl groups is 2. The van der Waals surface area contributed by atoms with Gasteiger partial charge < -0.3 is 10.2 Å². The van der Waals surface area contributed by atoms with Crippen molar-refractivity contribution in [2.45, 2.75) is 37.2 Å². The van der Waals surface area contributed by atoms with Crippen molar-refractivity contribution >= 4 is 15.6 Å². The molecule has 0 saturated carbocycles. The lowest BCUT2D eigenvalue weighted by Gasteiger charge is -2.13. The maximum absolute atomic E-state index is 10.6. The zero-order chi connectivity index (χ0) is 12.8. The lowest BCUT2D eigenvalue weighted by Crippen LogP contribution is -2.13. The average molecular weight is 275 g/mol. The highest BCUT2D eigenvalue weighted by Gasteiger charge is 2.47. The van der Waals surface area contributed by atoms with Crippen LogP contribution < -0.4 is 0 Å². The Balaban J connectivity index is 4.14. The van der Waals surface area contributed by atoms with Crippen molar-refractivity contribution in [3.8, 4) is 0 Å². The van der Waals surface area contributed by atoms with Crippen molar-refractivity contribution in [2.75, 3.05) is 6.61 Å². The summed E-state index contributed by atoms with van der Waals surface area (Å²) in [5, 5.41) is 16.2. The molecule has 2 atom stereocenters. The molecular weight excluding hydrogens is 258 g/mol. The predicted octanol–water partition coefficient (Wildman–Crippen LogP) is 0.138. The van der Waals surface area contributed by atoms with E-state index in [4.69, 9.17) is 19.8 Å². The summed E-state index contributed by atoms with van der Waals surface area (Å²) in [6.45, 7) is -0.0761. The molecule has 0 amide bonds. The van der Waals surface area contributed by atoms with Crippen LogP contribution in [0.25, 0.3) is 0 Å². The first-order valence-electron chi connectivity index (χ1n) is 4.78. The lowest BCUT2D eigenvalue weighted by molar-refractivity contribution is 0.139. The van der Waals surface area contributed by atoms with Crippen LogP contribution in [0.5, 0.6) is 0 Å². The summed E-state index contributed by atoms with van der Waals surface area (Å²) in [5.74, 6) is 0. The van der Waals surface area contributed by atoms with Crippen molar-refractivity contribution in [1.82, 2.24) is 0 Å². The summed E-state index contributed by atoms with van der Waals surface area (Å²) in [6, 6.07) is 0. The summed E-state index contributed by atoms with van der Waals surface area (Å²) >= 11 is 0. The Bertz CT molecular complexity index is 252. The molecule has 0 aliphatic carbocycles. The summed E-state index contributed by atoms with van der Waals surface area (Å²) in [7, 11) is -7.58. The summed E-state index contributed by atoms with van der Waals surface area (Å²) in [4.78, 5) is 26.6. The Morgan fingerprint density at radius 3 is 2.00 bits per heavy atom. The second-order valence-electron chi connectivity index (χ2n) is 3.48. The van der Waals surface area contributed by atoms with E-state index in [9.17, 15) is 14.2 Å². The van der Waals surface area contributed by atoms with E-state index in [1.165, 1.54) is 0 Å². The lowest BCUT2D eigenvalue weighted by atomic mass is 10.1. The molecule has 0 saturated heterocycles. The Morgan fingerprint density at radius 2 is 1.62 bits per heavy atom. The first kappa shape index (κ1) is 16.1. The maximum Gasteiger partial charge on any atom is 0.421 e. The molecule has 0 bridgehead atoms. The van der Waals surface area contributed by atoms with E-state index in [2.05, 4.69) is 0 Å². The van der Waals surface area contributed by atoms with E-state index in [0.717, 1.165) is 0 Å². The van der Waals surface area contributed by atoms with Gasteiger partial charge in [0.15, 0.2) is 0 Å². The van der Waals surface area contributed by atoms with Gasteiger partial charge in [0.1, 0.15) is 0 Å². The summed E-state index contributed by atoms with van der Waals surface area (Å²) in [6.07, 6.45) is -0.337. The average Bonchev–Trinajstić information content (AvgIpc) is 2.12. The zero-order valence-electron chi connectivity index (χ0n) is 8.64. The fourth-order valence-corrected chi connectivity index (χ4v) is 3.09. The van der Waals surface area contributed by atoms with Crippen LogP contribution in [0.2, 0.25) is 0 Å². The highest BCUT2D eigenvalue weighted by molar-refractivity contribution is 7.68. The molecule has 0 aromatic carbocycles. The van der Waals surface area contributed by atoms with E-state index in [1.54, 1.807) is 0 Å². The van der Waals surface area contributed by atoms with Gasteiger partial charge in [-0.25, -0.2) is 9.13 Å². The smallest absolute Gasteiger partial charge is 0.396 e. The molecule has 7 nitrogen and oxygen atoms in total. The van der Waals surface area contributed by atoms with E-state index in [1.807, 2.05) is 0 Å². The van der Waals surface area contributed by atoms with Crippen LogP contribution in [0.4, 0.5) is 0 Å². The third-order valence-corrected chi connectivity index (χ3v) is 5.39. The van der Waals surface area contributed by atoms with Crippen molar-refractivity contribution in [1.29, 1.82) is 0 Å². The largest absolute Gasteiger partial charge is 0.421 e. The second kappa shape index (κ2) is 7.45. The predicted molar refractivity (Wildman–Crippen MR) is 57.2 cm³/mol. The van der Waals surface area contributed by atoms with Gasteiger partial charge in [0.25, 0.3) is 5.40 Å². The van der Waals surface area contributed by atoms with Crippen molar-refractivity contribution in [3.63, 3.8) is 0 Å². The molecule has 0 aromatic rings. The van der Waals surface area contributed by atoms with Crippen molar-refractivity contribution in [3.05, 3.63) is 0 Å². The van der Waals surface area contributed by atoms with Crippen LogP contribution >= 0.6 is 15.6 Å². The first-order chi connectivity index (χ1) is 7.29. The Morgan fingerprint density at radius 1 is 1.06 bits per heavy atom. The van der Waals surface area contributed by atoms with Gasteiger partial charge >= 0.3 is 15.6 Å². The standard InChI is InChI=1S/C7H17O7P2/c8-5-1-2-6(9)3-4-7(15(10)11)16(12,13)14/h6-9,12-14H,1-5H2/q+1. The molecule has 0 aromatic heterocycles. The molecule has 96 valence electrons. The van der Waals surface area contributed by atoms with Gasteiger partial charge in [-0.3, -0.25) is 0 Å². The van der Waals surface area contributed by atoms with Crippen LogP contribution in [0, 0.1) is 0 Å². The summed E-state index contributed by atoms with van der Waals surface area (Å²) < 4.78 is 21.3. The van der Waals surface area contributed by atoms with E-state index in [0.29, 0.717) is 12.8 Å². The quantitative estimate of drug-likeness (QED) is 0.397. The molecule has 0 radical (unpaired) electrons. The Hall–Kier alpha value is 0.130. The molecule has 5 N–H and O–H groups in total. The number of rotatable bonds is 8. The SMILES string of the molecule is O=P(=O)C(CCC(O)CCCO)[P+](O)(O)O. The van der Waals surface area contributed by atoms with Gasteiger partial charge in [-0.2, -0.15) is 14.7 Å². The fraction of sp³-hybridized carbons (Fsp3) is 1.00. The zero-order valence-corrected chi connectivity index (χ0v) is 10.4. The number of hydrogen-bond acceptors (Lipinski definition) is 7. The van der Waals surface area contributed by atoms with Crippen LogP contribution in [-0.4, -0.2) is 43.0 Å². The first-order valence-corrected chi connectivity index (χ1v) is 7.74. The normalized spacial score (nSPS) is 15.8. The third kappa shape index (κ3) is 6.66. The summed E-state index contributed by atoms with van der Waals surface area (Å²) in [5.41, 5.74) is 0. The minimum absolute atomic E-state index is 0.0252. The van der Waals surface area contributed by atoms with Gasteiger partial charge in [0.2, 0.25) is 0 Å². The molecule has 0 aliphatic rings. The molecule has 9 heteroatoms. The van der Waals surface area contributed by atoms with Crippen LogP contribution in [0.15, 0.2) is 0 Å². The van der Waals surface area contributed by atoms with Crippen LogP contribution in [-0.2, 0) is 9.13 Å². The molecule has 0 fully saturated rings. The van der Waals surface area contributed by atoms with Gasteiger partial charge in [-0.1, -0.05) is 0 Å². The minimum Gasteiger partial charge on any atom is -0.396 e. The van der Waals surface area contributed by atoms with E-state index >= 15 is 0 Å². The van der Waals surface area contributed by atoms with Gasteiger partial charge in [0, 0.05) is 13.0 Å². The molecule has 0 aliphatic heterocycles. The Kier molecular flexibility index (Phi) is 7.52. The maximum atomic E-state index is 10.6. The van der Waals surface area contributed by atoms with E-state index in [-0.39, 0.29) is 19.4 Å². The Labute approximate surface area is 94.2 Å². The van der Waals surface area contributed by atoms with Gasteiger partial charge in [0.05, 0.1) is 6.10 Å². The van der Waals surface area contributed by atoms with Gasteiger partial charge in [-0.05, 0) is 19.3 Å². The molecule has 0 spiro atoms. The molecular formula is C7H17O7P2+. The molecule has 2 unspecified atom stereocenters. The van der Waals surface area contributed by atoms with E-state index < -0.39 is 27.1 Å². The highest BCUT2D eigenvalue weighted by Crippen LogP contribution is 2.58. The number of aliphatic hydroxyl groups excluding tert-OH is 2. The minimum atomic E-state index is -4.42. The van der Waals surface area contributed by atoms with Crippen molar-refractivity contribution < 1.29 is 34.0 Å². The van der Waals surface area contributed by atoms with Crippen molar-refractivity contribution in [2.24, 2.45) is 0 Å². The highest BCUT2D eigenvalue weighted by atomic mass is 31.2.